The molecule has 2 fully saturated rings. The van der Waals surface area contributed by atoms with Crippen LogP contribution in [-0.4, -0.2) is 16.2 Å². The third-order valence-corrected chi connectivity index (χ3v) is 8.10. The lowest BCUT2D eigenvalue weighted by atomic mass is 9.54. The number of aromatic hydroxyl groups is 1. The van der Waals surface area contributed by atoms with Crippen LogP contribution < -0.4 is 0 Å². The van der Waals surface area contributed by atoms with E-state index in [4.69, 9.17) is 5.11 Å². The maximum absolute atomic E-state index is 10.7. The zero-order valence-electron chi connectivity index (χ0n) is 15.9. The highest BCUT2D eigenvalue weighted by atomic mass is 16.4. The molecule has 4 rings (SSSR count). The molecule has 0 aromatic heterocycles. The van der Waals surface area contributed by atoms with Crippen LogP contribution in [0.4, 0.5) is 0 Å². The van der Waals surface area contributed by atoms with Crippen LogP contribution in [0.5, 0.6) is 5.75 Å². The third kappa shape index (κ3) is 3.04. The van der Waals surface area contributed by atoms with Crippen molar-refractivity contribution < 1.29 is 15.0 Å². The molecule has 0 amide bonds. The number of carbonyl (C=O) groups is 1. The number of aryl methyl sites for hydroxylation is 1. The molecule has 0 aliphatic heterocycles. The van der Waals surface area contributed by atoms with Gasteiger partial charge in [-0.15, -0.1) is 0 Å². The molecule has 0 spiro atoms. The summed E-state index contributed by atoms with van der Waals surface area (Å²) in [6, 6.07) is 6.04. The molecule has 0 bridgehead atoms. The fourth-order valence-corrected chi connectivity index (χ4v) is 6.82. The lowest BCUT2D eigenvalue weighted by Crippen LogP contribution is -2.42. The summed E-state index contributed by atoms with van der Waals surface area (Å²) >= 11 is 0. The molecular formula is C23H32O3. The van der Waals surface area contributed by atoms with Gasteiger partial charge in [0.05, 0.1) is 0 Å². The number of aliphatic carboxylic acids is 1. The first-order valence-electron chi connectivity index (χ1n) is 10.5. The van der Waals surface area contributed by atoms with Crippen molar-refractivity contribution in [1.82, 2.24) is 0 Å². The van der Waals surface area contributed by atoms with Gasteiger partial charge < -0.3 is 10.2 Å². The van der Waals surface area contributed by atoms with Crippen LogP contribution in [-0.2, 0) is 11.2 Å². The largest absolute Gasteiger partial charge is 0.508 e. The van der Waals surface area contributed by atoms with Gasteiger partial charge in [0.1, 0.15) is 5.75 Å². The fraction of sp³-hybridized carbons (Fsp3) is 0.696. The molecule has 3 nitrogen and oxygen atoms in total. The van der Waals surface area contributed by atoms with Crippen LogP contribution in [0.25, 0.3) is 0 Å². The summed E-state index contributed by atoms with van der Waals surface area (Å²) in [4.78, 5) is 10.7. The number of rotatable bonds is 5. The molecule has 0 radical (unpaired) electrons. The van der Waals surface area contributed by atoms with Gasteiger partial charge in [-0.1, -0.05) is 19.4 Å². The van der Waals surface area contributed by atoms with E-state index in [2.05, 4.69) is 13.0 Å². The van der Waals surface area contributed by atoms with E-state index in [0.717, 1.165) is 37.0 Å². The van der Waals surface area contributed by atoms with E-state index in [1.165, 1.54) is 49.7 Å². The van der Waals surface area contributed by atoms with Crippen molar-refractivity contribution in [2.75, 3.05) is 0 Å². The molecule has 2 N–H and O–H groups in total. The summed E-state index contributed by atoms with van der Waals surface area (Å²) in [7, 11) is 0. The first-order valence-corrected chi connectivity index (χ1v) is 10.5. The Kier molecular flexibility index (Phi) is 4.75. The minimum Gasteiger partial charge on any atom is -0.508 e. The molecule has 0 heterocycles. The average molecular weight is 357 g/mol. The van der Waals surface area contributed by atoms with Gasteiger partial charge in [-0.05, 0) is 104 Å². The molecule has 1 aromatic carbocycles. The third-order valence-electron chi connectivity index (χ3n) is 8.10. The van der Waals surface area contributed by atoms with Gasteiger partial charge in [-0.25, -0.2) is 0 Å². The number of phenolic OH excluding ortho intramolecular Hbond substituents is 1. The van der Waals surface area contributed by atoms with Crippen LogP contribution in [0.2, 0.25) is 0 Å². The van der Waals surface area contributed by atoms with Gasteiger partial charge in [0, 0.05) is 6.42 Å². The molecule has 3 aliphatic carbocycles. The monoisotopic (exact) mass is 356 g/mol. The van der Waals surface area contributed by atoms with Crippen molar-refractivity contribution in [1.29, 1.82) is 0 Å². The summed E-state index contributed by atoms with van der Waals surface area (Å²) in [6.45, 7) is 2.54. The molecule has 0 unspecified atom stereocenters. The van der Waals surface area contributed by atoms with Crippen LogP contribution in [0, 0.1) is 23.2 Å². The molecule has 5 atom stereocenters. The maximum Gasteiger partial charge on any atom is 0.303 e. The number of unbranched alkanes of at least 4 members (excludes halogenated alkanes) is 1. The van der Waals surface area contributed by atoms with Gasteiger partial charge in [0.15, 0.2) is 0 Å². The van der Waals surface area contributed by atoms with E-state index in [0.29, 0.717) is 23.5 Å². The zero-order chi connectivity index (χ0) is 18.3. The van der Waals surface area contributed by atoms with Crippen LogP contribution >= 0.6 is 0 Å². The molecule has 1 aromatic rings. The Bertz CT molecular complexity index is 682. The number of fused-ring (bicyclic) bond motifs is 5. The first-order chi connectivity index (χ1) is 12.5. The standard InChI is InChI=1S/C23H32O3/c1-23-13-12-19-18-10-8-17(24)14-15(18)6-9-20(19)21(23)11-7-16(23)4-2-3-5-22(25)26/h8,10,14,16,19-21,24H,2-7,9,11-13H2,1H3,(H,25,26)/t16-,19+,20+,21-,23+/m0/s1. The normalized spacial score (nSPS) is 35.4. The number of carboxylic acids is 1. The van der Waals surface area contributed by atoms with Crippen molar-refractivity contribution >= 4 is 5.97 Å². The quantitative estimate of drug-likeness (QED) is 0.684. The topological polar surface area (TPSA) is 57.5 Å². The Labute approximate surface area is 156 Å². The molecule has 26 heavy (non-hydrogen) atoms. The Morgan fingerprint density at radius 1 is 1.19 bits per heavy atom. The minimum atomic E-state index is -0.659. The van der Waals surface area contributed by atoms with E-state index in [-0.39, 0.29) is 0 Å². The van der Waals surface area contributed by atoms with E-state index >= 15 is 0 Å². The Hall–Kier alpha value is -1.51. The predicted octanol–water partition coefficient (Wildman–Crippen LogP) is 5.51. The number of benzene rings is 1. The maximum atomic E-state index is 10.7. The number of phenols is 1. The van der Waals surface area contributed by atoms with Gasteiger partial charge >= 0.3 is 5.97 Å². The van der Waals surface area contributed by atoms with Crippen LogP contribution in [0.1, 0.15) is 81.8 Å². The highest BCUT2D eigenvalue weighted by Gasteiger charge is 2.54. The van der Waals surface area contributed by atoms with Crippen LogP contribution in [0.3, 0.4) is 0 Å². The highest BCUT2D eigenvalue weighted by Crippen LogP contribution is 2.63. The number of hydrogen-bond donors (Lipinski definition) is 2. The van der Waals surface area contributed by atoms with Gasteiger partial charge in [-0.2, -0.15) is 0 Å². The number of carboxylic acid groups (broad SMARTS) is 1. The highest BCUT2D eigenvalue weighted by molar-refractivity contribution is 5.66. The summed E-state index contributed by atoms with van der Waals surface area (Å²) < 4.78 is 0. The van der Waals surface area contributed by atoms with Gasteiger partial charge in [-0.3, -0.25) is 4.79 Å². The Balaban J connectivity index is 1.46. The second-order valence-corrected chi connectivity index (χ2v) is 9.26. The SMILES string of the molecule is C[C@]12CC[C@@H]3c4ccc(O)cc4CC[C@H]3[C@@H]1CC[C@@H]2CCCCC(=O)O. The predicted molar refractivity (Wildman–Crippen MR) is 102 cm³/mol. The molecular weight excluding hydrogens is 324 g/mol. The van der Waals surface area contributed by atoms with Crippen LogP contribution in [0.15, 0.2) is 18.2 Å². The lowest BCUT2D eigenvalue weighted by molar-refractivity contribution is -0.137. The minimum absolute atomic E-state index is 0.321. The van der Waals surface area contributed by atoms with Crippen molar-refractivity contribution in [3.8, 4) is 5.75 Å². The lowest BCUT2D eigenvalue weighted by Gasteiger charge is -2.51. The summed E-state index contributed by atoms with van der Waals surface area (Å²) in [5.74, 6) is 2.84. The zero-order valence-corrected chi connectivity index (χ0v) is 15.9. The molecule has 2 saturated carbocycles. The second-order valence-electron chi connectivity index (χ2n) is 9.26. The van der Waals surface area contributed by atoms with E-state index < -0.39 is 5.97 Å². The van der Waals surface area contributed by atoms with Gasteiger partial charge in [0.25, 0.3) is 0 Å². The second kappa shape index (κ2) is 6.90. The van der Waals surface area contributed by atoms with E-state index in [1.54, 1.807) is 0 Å². The van der Waals surface area contributed by atoms with Crippen molar-refractivity contribution in [3.63, 3.8) is 0 Å². The van der Waals surface area contributed by atoms with Crippen molar-refractivity contribution in [2.24, 2.45) is 23.2 Å². The van der Waals surface area contributed by atoms with Gasteiger partial charge in [0.2, 0.25) is 0 Å². The number of hydrogen-bond acceptors (Lipinski definition) is 2. The fourth-order valence-electron chi connectivity index (χ4n) is 6.82. The summed E-state index contributed by atoms with van der Waals surface area (Å²) in [6.07, 6.45) is 11.1. The van der Waals surface area contributed by atoms with Crippen molar-refractivity contribution in [2.45, 2.75) is 77.0 Å². The van der Waals surface area contributed by atoms with E-state index in [1.807, 2.05) is 12.1 Å². The first kappa shape index (κ1) is 17.9. The Morgan fingerprint density at radius 2 is 2.04 bits per heavy atom. The summed E-state index contributed by atoms with van der Waals surface area (Å²) in [5, 5.41) is 18.7. The molecule has 3 aliphatic rings. The average Bonchev–Trinajstić information content (AvgIpc) is 2.94. The molecule has 0 saturated heterocycles. The molecule has 3 heteroatoms. The van der Waals surface area contributed by atoms with Crippen molar-refractivity contribution in [3.05, 3.63) is 29.3 Å². The molecule has 142 valence electrons. The summed E-state index contributed by atoms with van der Waals surface area (Å²) in [5.41, 5.74) is 3.34. The Morgan fingerprint density at radius 3 is 2.85 bits per heavy atom. The van der Waals surface area contributed by atoms with E-state index in [9.17, 15) is 9.90 Å². The smallest absolute Gasteiger partial charge is 0.303 e.